The smallest absolute Gasteiger partial charge is 0.414 e. The van der Waals surface area contributed by atoms with Gasteiger partial charge in [0.15, 0.2) is 5.82 Å². The van der Waals surface area contributed by atoms with E-state index in [4.69, 9.17) is 9.15 Å². The third-order valence-electron chi connectivity index (χ3n) is 5.41. The molecule has 3 rings (SSSR count). The molecule has 2 N–H and O–H groups in total. The second kappa shape index (κ2) is 10.6. The fraction of sp³-hybridized carbons (Fsp3) is 0.333. The van der Waals surface area contributed by atoms with E-state index in [0.29, 0.717) is 23.1 Å². The van der Waals surface area contributed by atoms with Crippen molar-refractivity contribution in [1.82, 2.24) is 14.5 Å². The predicted molar refractivity (Wildman–Crippen MR) is 135 cm³/mol. The van der Waals surface area contributed by atoms with Crippen LogP contribution in [0.1, 0.15) is 22.3 Å². The average molecular weight is 521 g/mol. The van der Waals surface area contributed by atoms with Crippen molar-refractivity contribution in [3.63, 3.8) is 0 Å². The SMILES string of the molecule is CNS(=O)(=O)Nc1cccc(Cc2c(CN(C)C)c3cc(C)c(OC(=O)N(C)C)cc3oc2=O)c1F. The van der Waals surface area contributed by atoms with Gasteiger partial charge in [0.1, 0.15) is 11.3 Å². The molecular formula is C24H29FN4O6S. The summed E-state index contributed by atoms with van der Waals surface area (Å²) in [7, 11) is 4.04. The largest absolute Gasteiger partial charge is 0.422 e. The first-order valence-corrected chi connectivity index (χ1v) is 12.4. The van der Waals surface area contributed by atoms with Crippen molar-refractivity contribution in [2.24, 2.45) is 0 Å². The fourth-order valence-electron chi connectivity index (χ4n) is 3.59. The minimum Gasteiger partial charge on any atom is -0.422 e. The number of nitrogens with one attached hydrogen (secondary N) is 2. The number of hydrogen-bond acceptors (Lipinski definition) is 7. The van der Waals surface area contributed by atoms with E-state index in [1.165, 1.54) is 36.2 Å². The van der Waals surface area contributed by atoms with Crippen LogP contribution < -0.4 is 19.8 Å². The molecule has 0 aliphatic carbocycles. The van der Waals surface area contributed by atoms with Gasteiger partial charge < -0.3 is 19.0 Å². The number of carbonyl (C=O) groups excluding carboxylic acids is 1. The Hall–Kier alpha value is -3.48. The van der Waals surface area contributed by atoms with Crippen molar-refractivity contribution in [1.29, 1.82) is 0 Å². The number of amides is 1. The number of carbonyl (C=O) groups is 1. The van der Waals surface area contributed by atoms with Crippen LogP contribution in [0.2, 0.25) is 0 Å². The molecule has 12 heteroatoms. The Kier molecular flexibility index (Phi) is 8.02. The second-order valence-electron chi connectivity index (χ2n) is 8.73. The van der Waals surface area contributed by atoms with Crippen molar-refractivity contribution >= 4 is 33.0 Å². The predicted octanol–water partition coefficient (Wildman–Crippen LogP) is 2.83. The number of aryl methyl sites for hydroxylation is 1. The van der Waals surface area contributed by atoms with Crippen LogP contribution in [0.5, 0.6) is 5.75 Å². The van der Waals surface area contributed by atoms with Gasteiger partial charge in [-0.25, -0.2) is 18.7 Å². The lowest BCUT2D eigenvalue weighted by atomic mass is 9.96. The highest BCUT2D eigenvalue weighted by atomic mass is 32.2. The minimum atomic E-state index is -3.93. The van der Waals surface area contributed by atoms with Crippen molar-refractivity contribution in [3.05, 3.63) is 68.8 Å². The Bertz CT molecular complexity index is 1470. The molecule has 0 fully saturated rings. The first kappa shape index (κ1) is 27.1. The van der Waals surface area contributed by atoms with E-state index < -0.39 is 27.7 Å². The Labute approximate surface area is 208 Å². The summed E-state index contributed by atoms with van der Waals surface area (Å²) in [6.07, 6.45) is -0.701. The summed E-state index contributed by atoms with van der Waals surface area (Å²) < 4.78 is 54.0. The minimum absolute atomic E-state index is 0.117. The summed E-state index contributed by atoms with van der Waals surface area (Å²) in [6, 6.07) is 7.51. The molecule has 10 nitrogen and oxygen atoms in total. The van der Waals surface area contributed by atoms with E-state index in [-0.39, 0.29) is 34.6 Å². The first-order chi connectivity index (χ1) is 16.8. The number of anilines is 1. The van der Waals surface area contributed by atoms with E-state index in [2.05, 4.69) is 9.44 Å². The number of fused-ring (bicyclic) bond motifs is 1. The molecule has 1 heterocycles. The molecule has 0 bridgehead atoms. The molecule has 36 heavy (non-hydrogen) atoms. The number of ether oxygens (including phenoxy) is 1. The topological polar surface area (TPSA) is 121 Å². The highest BCUT2D eigenvalue weighted by Gasteiger charge is 2.21. The van der Waals surface area contributed by atoms with Gasteiger partial charge in [-0.15, -0.1) is 0 Å². The number of hydrogen-bond donors (Lipinski definition) is 2. The van der Waals surface area contributed by atoms with Gasteiger partial charge >= 0.3 is 11.7 Å². The zero-order chi connectivity index (χ0) is 26.8. The number of benzene rings is 2. The number of halogens is 1. The third-order valence-corrected chi connectivity index (χ3v) is 6.44. The van der Waals surface area contributed by atoms with Crippen LogP contribution in [0.15, 0.2) is 39.5 Å². The van der Waals surface area contributed by atoms with Crippen LogP contribution >= 0.6 is 0 Å². The van der Waals surface area contributed by atoms with Crippen LogP contribution in [0, 0.1) is 12.7 Å². The zero-order valence-electron chi connectivity index (χ0n) is 20.9. The number of nitrogens with zero attached hydrogens (tertiary/aromatic N) is 2. The summed E-state index contributed by atoms with van der Waals surface area (Å²) in [4.78, 5) is 28.3. The Morgan fingerprint density at radius 3 is 2.44 bits per heavy atom. The van der Waals surface area contributed by atoms with E-state index in [1.54, 1.807) is 27.1 Å². The maximum atomic E-state index is 15.2. The molecule has 3 aromatic rings. The van der Waals surface area contributed by atoms with Gasteiger partial charge in [0, 0.05) is 51.1 Å². The van der Waals surface area contributed by atoms with Gasteiger partial charge in [-0.3, -0.25) is 4.72 Å². The molecular weight excluding hydrogens is 491 g/mol. The lowest BCUT2D eigenvalue weighted by molar-refractivity contribution is 0.171. The van der Waals surface area contributed by atoms with Crippen LogP contribution in [0.4, 0.5) is 14.9 Å². The lowest BCUT2D eigenvalue weighted by Gasteiger charge is -2.18. The Morgan fingerprint density at radius 2 is 1.83 bits per heavy atom. The first-order valence-electron chi connectivity index (χ1n) is 10.9. The normalized spacial score (nSPS) is 11.7. The van der Waals surface area contributed by atoms with Gasteiger partial charge in [-0.05, 0) is 49.8 Å². The second-order valence-corrected chi connectivity index (χ2v) is 10.3. The molecule has 0 aliphatic heterocycles. The monoisotopic (exact) mass is 520 g/mol. The van der Waals surface area contributed by atoms with E-state index in [0.717, 1.165) is 0 Å². The highest BCUT2D eigenvalue weighted by molar-refractivity contribution is 7.90. The average Bonchev–Trinajstić information content (AvgIpc) is 2.79. The molecule has 0 saturated carbocycles. The fourth-order valence-corrected chi connectivity index (χ4v) is 4.14. The zero-order valence-corrected chi connectivity index (χ0v) is 21.7. The van der Waals surface area contributed by atoms with Crippen LogP contribution in [0.3, 0.4) is 0 Å². The van der Waals surface area contributed by atoms with E-state index in [1.807, 2.05) is 19.0 Å². The van der Waals surface area contributed by atoms with Crippen LogP contribution in [0.25, 0.3) is 11.0 Å². The van der Waals surface area contributed by atoms with Crippen LogP contribution in [-0.2, 0) is 23.2 Å². The molecule has 0 saturated heterocycles. The highest BCUT2D eigenvalue weighted by Crippen LogP contribution is 2.31. The molecule has 2 aromatic carbocycles. The molecule has 0 spiro atoms. The molecule has 0 aliphatic rings. The Balaban J connectivity index is 2.14. The maximum Gasteiger partial charge on any atom is 0.414 e. The summed E-state index contributed by atoms with van der Waals surface area (Å²) in [5, 5.41) is 0.618. The molecule has 0 radical (unpaired) electrons. The van der Waals surface area contributed by atoms with Gasteiger partial charge in [-0.1, -0.05) is 12.1 Å². The molecule has 0 unspecified atom stereocenters. The lowest BCUT2D eigenvalue weighted by Crippen LogP contribution is -2.27. The van der Waals surface area contributed by atoms with Crippen molar-refractivity contribution < 1.29 is 26.8 Å². The van der Waals surface area contributed by atoms with Gasteiger partial charge in [0.25, 0.3) is 10.2 Å². The summed E-state index contributed by atoms with van der Waals surface area (Å²) in [6.45, 7) is 2.11. The quantitative estimate of drug-likeness (QED) is 0.438. The molecule has 1 amide bonds. The third kappa shape index (κ3) is 6.01. The van der Waals surface area contributed by atoms with Gasteiger partial charge in [-0.2, -0.15) is 8.42 Å². The van der Waals surface area contributed by atoms with Gasteiger partial charge in [0.05, 0.1) is 5.69 Å². The van der Waals surface area contributed by atoms with Crippen molar-refractivity contribution in [2.45, 2.75) is 19.9 Å². The standard InChI is InChI=1S/C24H29FN4O6S/c1-14-10-16-18(13-28(3)4)17(23(30)34-21(16)12-20(14)35-24(31)29(5)6)11-15-8-7-9-19(22(15)25)27-36(32,33)26-2/h7-10,12,26-27H,11,13H2,1-6H3. The summed E-state index contributed by atoms with van der Waals surface area (Å²) in [5.74, 6) is -0.544. The Morgan fingerprint density at radius 1 is 1.14 bits per heavy atom. The van der Waals surface area contributed by atoms with Gasteiger partial charge in [0.2, 0.25) is 0 Å². The van der Waals surface area contributed by atoms with Crippen molar-refractivity contribution in [3.8, 4) is 5.75 Å². The molecule has 0 atom stereocenters. The molecule has 1 aromatic heterocycles. The summed E-state index contributed by atoms with van der Waals surface area (Å²) in [5.41, 5.74) is 0.932. The number of rotatable bonds is 8. The van der Waals surface area contributed by atoms with E-state index >= 15 is 4.39 Å². The maximum absolute atomic E-state index is 15.2. The van der Waals surface area contributed by atoms with Crippen molar-refractivity contribution in [2.75, 3.05) is 40.0 Å². The van der Waals surface area contributed by atoms with Crippen LogP contribution in [-0.4, -0.2) is 59.5 Å². The van der Waals surface area contributed by atoms with E-state index in [9.17, 15) is 18.0 Å². The summed E-state index contributed by atoms with van der Waals surface area (Å²) >= 11 is 0. The molecule has 194 valence electrons.